The number of nitrogens with one attached hydrogen (secondary N) is 3. The third kappa shape index (κ3) is 4.14. The first kappa shape index (κ1) is 19.9. The number of piperazine rings is 1. The normalized spacial score (nSPS) is 20.9. The van der Waals surface area contributed by atoms with Crippen LogP contribution in [0.25, 0.3) is 0 Å². The third-order valence-corrected chi connectivity index (χ3v) is 6.35. The lowest BCUT2D eigenvalue weighted by molar-refractivity contribution is -1.01. The fourth-order valence-corrected chi connectivity index (χ4v) is 4.82. The minimum Gasteiger partial charge on any atom is -0.493 e. The smallest absolute Gasteiger partial charge is 0.233 e. The van der Waals surface area contributed by atoms with Gasteiger partial charge in [0.2, 0.25) is 5.78 Å². The number of aromatic nitrogens is 1. The lowest BCUT2D eigenvalue weighted by Gasteiger charge is -2.29. The Morgan fingerprint density at radius 2 is 1.83 bits per heavy atom. The molecule has 4 rings (SSSR count). The van der Waals surface area contributed by atoms with Gasteiger partial charge in [0.1, 0.15) is 45.0 Å². The Bertz CT molecular complexity index is 939. The van der Waals surface area contributed by atoms with Crippen molar-refractivity contribution in [3.05, 3.63) is 51.8 Å². The summed E-state index contributed by atoms with van der Waals surface area (Å²) in [5, 5.41) is 0. The lowest BCUT2D eigenvalue weighted by atomic mass is 10.0. The van der Waals surface area contributed by atoms with Crippen molar-refractivity contribution < 1.29 is 24.1 Å². The average molecular weight is 398 g/mol. The highest BCUT2D eigenvalue weighted by Gasteiger charge is 2.28. The Kier molecular flexibility index (Phi) is 5.56. The van der Waals surface area contributed by atoms with E-state index in [1.807, 2.05) is 13.8 Å². The van der Waals surface area contributed by atoms with Gasteiger partial charge in [-0.2, -0.15) is 0 Å². The van der Waals surface area contributed by atoms with Crippen LogP contribution in [0.1, 0.15) is 50.2 Å². The van der Waals surface area contributed by atoms with Gasteiger partial charge in [0, 0.05) is 23.2 Å². The maximum atomic E-state index is 12.8. The van der Waals surface area contributed by atoms with E-state index >= 15 is 0 Å². The molecule has 0 saturated carbocycles. The predicted octanol–water partition coefficient (Wildman–Crippen LogP) is -0.0647. The Labute approximate surface area is 171 Å². The van der Waals surface area contributed by atoms with Crippen LogP contribution in [0.2, 0.25) is 0 Å². The number of hydrogen-bond acceptors (Lipinski definition) is 3. The summed E-state index contributed by atoms with van der Waals surface area (Å²) in [6.07, 6.45) is 1.02. The molecule has 3 heterocycles. The first-order chi connectivity index (χ1) is 13.9. The van der Waals surface area contributed by atoms with Gasteiger partial charge in [-0.3, -0.25) is 9.59 Å². The van der Waals surface area contributed by atoms with Gasteiger partial charge in [-0.1, -0.05) is 0 Å². The van der Waals surface area contributed by atoms with Crippen LogP contribution in [-0.4, -0.2) is 55.9 Å². The number of carbonyl (C=O) groups excluding carboxylic acids is 2. The number of ether oxygens (including phenoxy) is 1. The Balaban J connectivity index is 1.31. The second-order valence-electron chi connectivity index (χ2n) is 8.50. The summed E-state index contributed by atoms with van der Waals surface area (Å²) >= 11 is 0. The number of Topliss-reactive ketones (excluding diaryl/α,β-unsaturated/α-hetero) is 2. The van der Waals surface area contributed by atoms with E-state index in [4.69, 9.17) is 4.74 Å². The number of rotatable bonds is 6. The molecule has 3 N–H and O–H groups in total. The maximum absolute atomic E-state index is 12.8. The molecule has 1 aromatic heterocycles. The molecule has 0 unspecified atom stereocenters. The second-order valence-corrected chi connectivity index (χ2v) is 8.50. The number of benzene rings is 1. The fraction of sp³-hybridized carbons (Fsp3) is 0.478. The lowest BCUT2D eigenvalue weighted by Crippen LogP contribution is -3.27. The van der Waals surface area contributed by atoms with E-state index in [9.17, 15) is 9.59 Å². The van der Waals surface area contributed by atoms with Gasteiger partial charge < -0.3 is 19.5 Å². The Morgan fingerprint density at radius 3 is 2.52 bits per heavy atom. The van der Waals surface area contributed by atoms with Crippen molar-refractivity contribution in [1.29, 1.82) is 0 Å². The molecule has 0 aliphatic carbocycles. The first-order valence-corrected chi connectivity index (χ1v) is 10.6. The molecule has 154 valence electrons. The molecule has 0 atom stereocenters. The van der Waals surface area contributed by atoms with Crippen LogP contribution in [0.4, 0.5) is 0 Å². The van der Waals surface area contributed by atoms with E-state index < -0.39 is 0 Å². The SMILES string of the molecule is CC(=O)c1c(C)[nH]c(C(=O)C[NH+]2CC[NH+](Cc3ccc4c(c3)CCO4)CC2)c1C. The van der Waals surface area contributed by atoms with Crippen molar-refractivity contribution in [3.8, 4) is 5.75 Å². The number of aromatic amines is 1. The van der Waals surface area contributed by atoms with E-state index in [-0.39, 0.29) is 11.6 Å². The van der Waals surface area contributed by atoms with Gasteiger partial charge in [0.05, 0.1) is 12.3 Å². The van der Waals surface area contributed by atoms with Gasteiger partial charge in [0.15, 0.2) is 5.78 Å². The molecule has 29 heavy (non-hydrogen) atoms. The van der Waals surface area contributed by atoms with Gasteiger partial charge in [-0.05, 0) is 50.1 Å². The maximum Gasteiger partial charge on any atom is 0.233 e. The number of aryl methyl sites for hydroxylation is 1. The number of H-pyrrole nitrogens is 1. The van der Waals surface area contributed by atoms with Crippen molar-refractivity contribution >= 4 is 11.6 Å². The third-order valence-electron chi connectivity index (χ3n) is 6.35. The average Bonchev–Trinajstić information content (AvgIpc) is 3.26. The summed E-state index contributed by atoms with van der Waals surface area (Å²) in [4.78, 5) is 30.7. The van der Waals surface area contributed by atoms with E-state index in [1.54, 1.807) is 11.8 Å². The van der Waals surface area contributed by atoms with E-state index in [0.29, 0.717) is 17.8 Å². The number of quaternary nitrogens is 2. The molecular weight excluding hydrogens is 366 g/mol. The van der Waals surface area contributed by atoms with Crippen LogP contribution in [-0.2, 0) is 13.0 Å². The van der Waals surface area contributed by atoms with Gasteiger partial charge >= 0.3 is 0 Å². The monoisotopic (exact) mass is 397 g/mol. The van der Waals surface area contributed by atoms with E-state index in [1.165, 1.54) is 16.0 Å². The molecule has 2 aromatic rings. The zero-order valence-electron chi connectivity index (χ0n) is 17.6. The minimum absolute atomic E-state index is 0.0120. The highest BCUT2D eigenvalue weighted by atomic mass is 16.5. The summed E-state index contributed by atoms with van der Waals surface area (Å²) in [5.41, 5.74) is 5.57. The number of carbonyl (C=O) groups is 2. The molecule has 2 aliphatic rings. The van der Waals surface area contributed by atoms with Gasteiger partial charge in [-0.25, -0.2) is 0 Å². The molecule has 1 fully saturated rings. The first-order valence-electron chi connectivity index (χ1n) is 10.6. The predicted molar refractivity (Wildman–Crippen MR) is 110 cm³/mol. The summed E-state index contributed by atoms with van der Waals surface area (Å²) in [7, 11) is 0. The Morgan fingerprint density at radius 1 is 1.10 bits per heavy atom. The Hall–Kier alpha value is -2.44. The number of ketones is 2. The zero-order valence-corrected chi connectivity index (χ0v) is 17.6. The highest BCUT2D eigenvalue weighted by molar-refractivity contribution is 6.03. The van der Waals surface area contributed by atoms with Crippen LogP contribution >= 0.6 is 0 Å². The van der Waals surface area contributed by atoms with Crippen molar-refractivity contribution in [2.45, 2.75) is 33.7 Å². The van der Waals surface area contributed by atoms with Crippen LogP contribution in [0, 0.1) is 13.8 Å². The molecule has 0 radical (unpaired) electrons. The molecule has 1 aromatic carbocycles. The quantitative estimate of drug-likeness (QED) is 0.598. The molecule has 6 nitrogen and oxygen atoms in total. The number of fused-ring (bicyclic) bond motifs is 1. The summed E-state index contributed by atoms with van der Waals surface area (Å²) in [6, 6.07) is 6.58. The molecule has 1 saturated heterocycles. The summed E-state index contributed by atoms with van der Waals surface area (Å²) < 4.78 is 5.60. The van der Waals surface area contributed by atoms with Crippen LogP contribution in [0.5, 0.6) is 5.75 Å². The van der Waals surface area contributed by atoms with Crippen LogP contribution in [0.15, 0.2) is 18.2 Å². The standard InChI is InChI=1S/C23H29N3O3/c1-15-22(17(3)27)16(2)24-23(15)20(28)14-26-9-7-25(8-10-26)13-18-4-5-21-19(12-18)6-11-29-21/h4-5,12,24H,6-11,13-14H2,1-3H3/p+2. The minimum atomic E-state index is 0.0120. The molecule has 0 bridgehead atoms. The zero-order chi connectivity index (χ0) is 20.5. The van der Waals surface area contributed by atoms with Crippen molar-refractivity contribution in [2.75, 3.05) is 39.3 Å². The largest absolute Gasteiger partial charge is 0.493 e. The summed E-state index contributed by atoms with van der Waals surface area (Å²) in [5.74, 6) is 1.16. The molecule has 6 heteroatoms. The fourth-order valence-electron chi connectivity index (χ4n) is 4.82. The van der Waals surface area contributed by atoms with Crippen LogP contribution < -0.4 is 14.5 Å². The topological polar surface area (TPSA) is 68.0 Å². The number of hydrogen-bond donors (Lipinski definition) is 3. The molecule has 2 aliphatic heterocycles. The van der Waals surface area contributed by atoms with Crippen molar-refractivity contribution in [1.82, 2.24) is 4.98 Å². The van der Waals surface area contributed by atoms with Crippen LogP contribution in [0.3, 0.4) is 0 Å². The van der Waals surface area contributed by atoms with Crippen molar-refractivity contribution in [3.63, 3.8) is 0 Å². The second kappa shape index (κ2) is 8.13. The van der Waals surface area contributed by atoms with E-state index in [0.717, 1.165) is 62.8 Å². The van der Waals surface area contributed by atoms with E-state index in [2.05, 4.69) is 23.2 Å². The summed E-state index contributed by atoms with van der Waals surface area (Å²) in [6.45, 7) is 11.7. The molecular formula is C23H31N3O3+2. The van der Waals surface area contributed by atoms with Crippen molar-refractivity contribution in [2.24, 2.45) is 0 Å². The van der Waals surface area contributed by atoms with Gasteiger partial charge in [0.25, 0.3) is 0 Å². The molecule has 0 amide bonds. The highest BCUT2D eigenvalue weighted by Crippen LogP contribution is 2.25. The van der Waals surface area contributed by atoms with Gasteiger partial charge in [-0.15, -0.1) is 0 Å². The molecule has 0 spiro atoms.